The Morgan fingerprint density at radius 1 is 1.64 bits per heavy atom. The predicted octanol–water partition coefficient (Wildman–Crippen LogP) is 1.80. The number of halogens is 1. The van der Waals surface area contributed by atoms with Gasteiger partial charge in [0.2, 0.25) is 11.8 Å². The minimum atomic E-state index is -0.0463. The predicted molar refractivity (Wildman–Crippen MR) is 58.1 cm³/mol. The molecule has 0 aromatic carbocycles. The van der Waals surface area contributed by atoms with Crippen molar-refractivity contribution >= 4 is 27.7 Å². The molecule has 1 aliphatic heterocycles. The van der Waals surface area contributed by atoms with Crippen LogP contribution in [-0.2, 0) is 9.59 Å². The van der Waals surface area contributed by atoms with E-state index in [2.05, 4.69) is 29.8 Å². The van der Waals surface area contributed by atoms with E-state index in [9.17, 15) is 9.59 Å². The van der Waals surface area contributed by atoms with Crippen molar-refractivity contribution in [3.05, 3.63) is 0 Å². The fourth-order valence-electron chi connectivity index (χ4n) is 1.64. The van der Waals surface area contributed by atoms with Crippen LogP contribution in [0.5, 0.6) is 0 Å². The van der Waals surface area contributed by atoms with E-state index in [1.807, 2.05) is 0 Å². The highest BCUT2D eigenvalue weighted by molar-refractivity contribution is 9.09. The van der Waals surface area contributed by atoms with Gasteiger partial charge in [-0.15, -0.1) is 0 Å². The van der Waals surface area contributed by atoms with E-state index in [4.69, 9.17) is 0 Å². The Morgan fingerprint density at radius 2 is 2.29 bits per heavy atom. The Hall–Kier alpha value is -0.380. The number of carbonyl (C=O) groups is 2. The van der Waals surface area contributed by atoms with Gasteiger partial charge in [-0.2, -0.15) is 0 Å². The molecular weight excluding hydrogens is 246 g/mol. The third kappa shape index (κ3) is 2.56. The molecule has 1 unspecified atom stereocenters. The van der Waals surface area contributed by atoms with Crippen molar-refractivity contribution in [2.45, 2.75) is 26.7 Å². The summed E-state index contributed by atoms with van der Waals surface area (Å²) in [6.07, 6.45) is 0.947. The van der Waals surface area contributed by atoms with Crippen molar-refractivity contribution in [3.8, 4) is 0 Å². The number of imide groups is 1. The van der Waals surface area contributed by atoms with Gasteiger partial charge in [0.15, 0.2) is 0 Å². The Bertz CT molecular complexity index is 240. The van der Waals surface area contributed by atoms with Crippen molar-refractivity contribution in [2.24, 2.45) is 11.8 Å². The molecule has 0 spiro atoms. The Balaban J connectivity index is 2.56. The minimum absolute atomic E-state index is 0.00495. The molecule has 0 aromatic heterocycles. The average molecular weight is 262 g/mol. The lowest BCUT2D eigenvalue weighted by atomic mass is 9.95. The number of hydrogen-bond acceptors (Lipinski definition) is 2. The summed E-state index contributed by atoms with van der Waals surface area (Å²) in [5.74, 6) is 0.771. The molecular formula is C10H16BrNO2. The molecule has 3 nitrogen and oxygen atoms in total. The summed E-state index contributed by atoms with van der Waals surface area (Å²) in [5.41, 5.74) is 0. The summed E-state index contributed by atoms with van der Waals surface area (Å²) in [4.78, 5) is 24.4. The first-order valence-electron chi connectivity index (χ1n) is 4.95. The minimum Gasteiger partial charge on any atom is -0.282 e. The van der Waals surface area contributed by atoms with E-state index in [1.165, 1.54) is 4.90 Å². The van der Waals surface area contributed by atoms with Gasteiger partial charge in [0.05, 0.1) is 0 Å². The molecule has 0 bridgehead atoms. The standard InChI is InChI=1S/C10H16BrNO2/c1-7(2)8-5-10(14)12(6-8)9(13)3-4-11/h7-8H,3-6H2,1-2H3. The monoisotopic (exact) mass is 261 g/mol. The van der Waals surface area contributed by atoms with E-state index < -0.39 is 0 Å². The first-order chi connectivity index (χ1) is 6.56. The van der Waals surface area contributed by atoms with Gasteiger partial charge in [-0.25, -0.2) is 0 Å². The Labute approximate surface area is 93.0 Å². The van der Waals surface area contributed by atoms with Gasteiger partial charge in [-0.1, -0.05) is 29.8 Å². The number of alkyl halides is 1. The van der Waals surface area contributed by atoms with E-state index in [1.54, 1.807) is 0 Å². The molecule has 0 aromatic rings. The molecule has 14 heavy (non-hydrogen) atoms. The van der Waals surface area contributed by atoms with Gasteiger partial charge in [-0.3, -0.25) is 14.5 Å². The van der Waals surface area contributed by atoms with Crippen LogP contribution in [0.1, 0.15) is 26.7 Å². The van der Waals surface area contributed by atoms with Crippen LogP contribution < -0.4 is 0 Å². The molecule has 0 saturated carbocycles. The number of likely N-dealkylation sites (tertiary alicyclic amines) is 1. The lowest BCUT2D eigenvalue weighted by Crippen LogP contribution is -2.32. The first-order valence-corrected chi connectivity index (χ1v) is 6.07. The zero-order valence-corrected chi connectivity index (χ0v) is 10.2. The number of amides is 2. The molecule has 1 atom stereocenters. The molecule has 1 fully saturated rings. The van der Waals surface area contributed by atoms with Gasteiger partial charge < -0.3 is 0 Å². The quantitative estimate of drug-likeness (QED) is 0.727. The van der Waals surface area contributed by atoms with Crippen LogP contribution in [0.4, 0.5) is 0 Å². The highest BCUT2D eigenvalue weighted by atomic mass is 79.9. The van der Waals surface area contributed by atoms with Crippen LogP contribution >= 0.6 is 15.9 Å². The lowest BCUT2D eigenvalue weighted by molar-refractivity contribution is -0.141. The second-order valence-electron chi connectivity index (χ2n) is 4.05. The van der Waals surface area contributed by atoms with Crippen LogP contribution in [-0.4, -0.2) is 28.6 Å². The zero-order valence-electron chi connectivity index (χ0n) is 8.62. The van der Waals surface area contributed by atoms with Crippen molar-refractivity contribution in [1.29, 1.82) is 0 Å². The molecule has 2 amide bonds. The second-order valence-corrected chi connectivity index (χ2v) is 4.84. The Morgan fingerprint density at radius 3 is 2.71 bits per heavy atom. The molecule has 1 saturated heterocycles. The smallest absolute Gasteiger partial charge is 0.230 e. The first kappa shape index (κ1) is 11.7. The molecule has 4 heteroatoms. The van der Waals surface area contributed by atoms with Crippen LogP contribution in [0.2, 0.25) is 0 Å². The molecule has 0 radical (unpaired) electrons. The highest BCUT2D eigenvalue weighted by Crippen LogP contribution is 2.25. The van der Waals surface area contributed by atoms with Gasteiger partial charge >= 0.3 is 0 Å². The zero-order chi connectivity index (χ0) is 10.7. The summed E-state index contributed by atoms with van der Waals surface area (Å²) >= 11 is 3.20. The largest absolute Gasteiger partial charge is 0.282 e. The molecule has 1 aliphatic rings. The van der Waals surface area contributed by atoms with E-state index in [-0.39, 0.29) is 11.8 Å². The maximum atomic E-state index is 11.5. The van der Waals surface area contributed by atoms with E-state index >= 15 is 0 Å². The van der Waals surface area contributed by atoms with Gasteiger partial charge in [0, 0.05) is 24.7 Å². The van der Waals surface area contributed by atoms with Crippen LogP contribution in [0.25, 0.3) is 0 Å². The number of hydrogen-bond donors (Lipinski definition) is 0. The van der Waals surface area contributed by atoms with Crippen molar-refractivity contribution in [2.75, 3.05) is 11.9 Å². The summed E-state index contributed by atoms with van der Waals surface area (Å²) < 4.78 is 0. The van der Waals surface area contributed by atoms with Crippen molar-refractivity contribution in [3.63, 3.8) is 0 Å². The molecule has 1 heterocycles. The summed E-state index contributed by atoms with van der Waals surface area (Å²) in [7, 11) is 0. The lowest BCUT2D eigenvalue weighted by Gasteiger charge is -2.15. The van der Waals surface area contributed by atoms with Crippen LogP contribution in [0.3, 0.4) is 0 Å². The van der Waals surface area contributed by atoms with Gasteiger partial charge in [-0.05, 0) is 11.8 Å². The molecule has 1 rings (SSSR count). The number of nitrogens with zero attached hydrogens (tertiary/aromatic N) is 1. The van der Waals surface area contributed by atoms with Crippen LogP contribution in [0, 0.1) is 11.8 Å². The number of carbonyl (C=O) groups excluding carboxylic acids is 2. The maximum Gasteiger partial charge on any atom is 0.230 e. The fraction of sp³-hybridized carbons (Fsp3) is 0.800. The van der Waals surface area contributed by atoms with Crippen molar-refractivity contribution in [1.82, 2.24) is 4.90 Å². The third-order valence-corrected chi connectivity index (χ3v) is 3.10. The fourth-order valence-corrected chi connectivity index (χ4v) is 1.98. The molecule has 0 N–H and O–H groups in total. The molecule has 0 aliphatic carbocycles. The van der Waals surface area contributed by atoms with Crippen LogP contribution in [0.15, 0.2) is 0 Å². The normalized spacial score (nSPS) is 22.1. The van der Waals surface area contributed by atoms with Gasteiger partial charge in [0.25, 0.3) is 0 Å². The number of rotatable bonds is 3. The SMILES string of the molecule is CC(C)C1CC(=O)N(C(=O)CCBr)C1. The average Bonchev–Trinajstić information content (AvgIpc) is 2.48. The Kier molecular flexibility index (Phi) is 4.11. The summed E-state index contributed by atoms with van der Waals surface area (Å²) in [5, 5.41) is 0.627. The summed E-state index contributed by atoms with van der Waals surface area (Å²) in [6.45, 7) is 4.80. The van der Waals surface area contributed by atoms with Gasteiger partial charge in [0.1, 0.15) is 0 Å². The topological polar surface area (TPSA) is 37.4 Å². The second kappa shape index (κ2) is 4.91. The summed E-state index contributed by atoms with van der Waals surface area (Å²) in [6, 6.07) is 0. The van der Waals surface area contributed by atoms with E-state index in [0.717, 1.165) is 0 Å². The van der Waals surface area contributed by atoms with Crippen molar-refractivity contribution < 1.29 is 9.59 Å². The molecule has 80 valence electrons. The van der Waals surface area contributed by atoms with E-state index in [0.29, 0.717) is 36.6 Å². The maximum absolute atomic E-state index is 11.5. The third-order valence-electron chi connectivity index (χ3n) is 2.71. The highest BCUT2D eigenvalue weighted by Gasteiger charge is 2.34.